The minimum atomic E-state index is -0.132. The Morgan fingerprint density at radius 2 is 2.00 bits per heavy atom. The van der Waals surface area contributed by atoms with Gasteiger partial charge in [-0.2, -0.15) is 5.26 Å². The lowest BCUT2D eigenvalue weighted by molar-refractivity contribution is -0.131. The van der Waals surface area contributed by atoms with Crippen molar-refractivity contribution in [1.82, 2.24) is 20.2 Å². The first-order chi connectivity index (χ1) is 11.0. The number of carbonyl (C=O) groups excluding carboxylic acids is 2. The molecule has 0 aromatic carbocycles. The third-order valence-electron chi connectivity index (χ3n) is 3.58. The summed E-state index contributed by atoms with van der Waals surface area (Å²) in [5.74, 6) is 0.431. The number of nitrogens with one attached hydrogen (secondary N) is 1. The van der Waals surface area contributed by atoms with Gasteiger partial charge in [-0.25, -0.2) is 9.97 Å². The van der Waals surface area contributed by atoms with Gasteiger partial charge in [0.2, 0.25) is 17.8 Å². The number of hydrogen-bond acceptors (Lipinski definition) is 6. The Labute approximate surface area is 135 Å². The first-order valence-electron chi connectivity index (χ1n) is 7.52. The van der Waals surface area contributed by atoms with Crippen molar-refractivity contribution in [2.24, 2.45) is 0 Å². The second kappa shape index (κ2) is 7.54. The van der Waals surface area contributed by atoms with Gasteiger partial charge in [0.1, 0.15) is 11.8 Å². The molecule has 1 aliphatic rings. The molecule has 1 fully saturated rings. The maximum absolute atomic E-state index is 12.1. The molecule has 0 saturated carbocycles. The molecule has 2 amide bonds. The second-order valence-electron chi connectivity index (χ2n) is 5.41. The first-order valence-corrected chi connectivity index (χ1v) is 7.52. The van der Waals surface area contributed by atoms with E-state index in [1.54, 1.807) is 11.0 Å². The molecule has 0 unspecified atom stereocenters. The number of carbonyl (C=O) groups is 2. The third-order valence-corrected chi connectivity index (χ3v) is 3.58. The first kappa shape index (κ1) is 16.7. The Morgan fingerprint density at radius 1 is 1.30 bits per heavy atom. The highest BCUT2D eigenvalue weighted by Crippen LogP contribution is 2.13. The van der Waals surface area contributed by atoms with Crippen LogP contribution in [0.5, 0.6) is 0 Å². The van der Waals surface area contributed by atoms with Gasteiger partial charge in [-0.15, -0.1) is 0 Å². The van der Waals surface area contributed by atoms with Crippen LogP contribution in [0.15, 0.2) is 6.07 Å². The van der Waals surface area contributed by atoms with Crippen molar-refractivity contribution < 1.29 is 9.59 Å². The van der Waals surface area contributed by atoms with Crippen molar-refractivity contribution >= 4 is 17.8 Å². The topological polar surface area (TPSA) is 102 Å². The summed E-state index contributed by atoms with van der Waals surface area (Å²) in [5.41, 5.74) is 1.10. The largest absolute Gasteiger partial charge is 0.356 e. The molecule has 0 bridgehead atoms. The molecule has 1 saturated heterocycles. The molecule has 8 heteroatoms. The zero-order valence-corrected chi connectivity index (χ0v) is 13.4. The summed E-state index contributed by atoms with van der Waals surface area (Å²) < 4.78 is 0. The average molecular weight is 316 g/mol. The van der Waals surface area contributed by atoms with Gasteiger partial charge in [-0.3, -0.25) is 9.59 Å². The lowest BCUT2D eigenvalue weighted by Gasteiger charge is -2.34. The third kappa shape index (κ3) is 4.64. The highest BCUT2D eigenvalue weighted by Gasteiger charge is 2.22. The van der Waals surface area contributed by atoms with Gasteiger partial charge in [0.05, 0.1) is 0 Å². The maximum atomic E-state index is 12.1. The molecule has 2 rings (SSSR count). The molecule has 2 heterocycles. The molecular weight excluding hydrogens is 296 g/mol. The van der Waals surface area contributed by atoms with Crippen LogP contribution < -0.4 is 10.2 Å². The molecule has 0 atom stereocenters. The number of aromatic nitrogens is 2. The predicted octanol–water partition coefficient (Wildman–Crippen LogP) is -0.168. The molecule has 0 spiro atoms. The molecule has 1 aromatic heterocycles. The smallest absolute Gasteiger partial charge is 0.226 e. The Kier molecular flexibility index (Phi) is 5.46. The van der Waals surface area contributed by atoms with Crippen molar-refractivity contribution in [2.75, 3.05) is 37.6 Å². The highest BCUT2D eigenvalue weighted by atomic mass is 16.2. The van der Waals surface area contributed by atoms with Gasteiger partial charge in [-0.05, 0) is 13.0 Å². The van der Waals surface area contributed by atoms with Gasteiger partial charge in [0, 0.05) is 51.8 Å². The van der Waals surface area contributed by atoms with Gasteiger partial charge >= 0.3 is 0 Å². The fourth-order valence-corrected chi connectivity index (χ4v) is 2.41. The van der Waals surface area contributed by atoms with Crippen molar-refractivity contribution in [2.45, 2.75) is 20.3 Å². The van der Waals surface area contributed by atoms with Crippen molar-refractivity contribution in [3.63, 3.8) is 0 Å². The zero-order chi connectivity index (χ0) is 16.8. The van der Waals surface area contributed by atoms with E-state index in [-0.39, 0.29) is 11.8 Å². The monoisotopic (exact) mass is 316 g/mol. The number of piperazine rings is 1. The van der Waals surface area contributed by atoms with Crippen LogP contribution in [0.25, 0.3) is 0 Å². The normalized spacial score (nSPS) is 14.3. The van der Waals surface area contributed by atoms with Crippen molar-refractivity contribution in [3.05, 3.63) is 17.5 Å². The highest BCUT2D eigenvalue weighted by molar-refractivity contribution is 5.78. The molecule has 0 radical (unpaired) electrons. The fraction of sp³-hybridized carbons (Fsp3) is 0.533. The van der Waals surface area contributed by atoms with Crippen LogP contribution in [0, 0.1) is 18.3 Å². The number of anilines is 1. The molecular formula is C15H20N6O2. The summed E-state index contributed by atoms with van der Waals surface area (Å²) in [6.07, 6.45) is 0.305. The van der Waals surface area contributed by atoms with Gasteiger partial charge < -0.3 is 15.1 Å². The van der Waals surface area contributed by atoms with Crippen LogP contribution >= 0.6 is 0 Å². The summed E-state index contributed by atoms with van der Waals surface area (Å²) >= 11 is 0. The van der Waals surface area contributed by atoms with Crippen LogP contribution in [-0.4, -0.2) is 59.4 Å². The van der Waals surface area contributed by atoms with E-state index in [2.05, 4.69) is 15.3 Å². The zero-order valence-electron chi connectivity index (χ0n) is 13.4. The average Bonchev–Trinajstić information content (AvgIpc) is 2.54. The minimum absolute atomic E-state index is 0.0290. The van der Waals surface area contributed by atoms with E-state index in [0.717, 1.165) is 5.69 Å². The summed E-state index contributed by atoms with van der Waals surface area (Å²) in [7, 11) is 0. The quantitative estimate of drug-likeness (QED) is 0.827. The Hall–Kier alpha value is -2.69. The molecule has 1 aliphatic heterocycles. The maximum Gasteiger partial charge on any atom is 0.226 e. The predicted molar refractivity (Wildman–Crippen MR) is 83.6 cm³/mol. The Balaban J connectivity index is 1.89. The molecule has 122 valence electrons. The van der Waals surface area contributed by atoms with Crippen LogP contribution in [0.3, 0.4) is 0 Å². The Bertz CT molecular complexity index is 631. The minimum Gasteiger partial charge on any atom is -0.356 e. The van der Waals surface area contributed by atoms with E-state index >= 15 is 0 Å². The summed E-state index contributed by atoms with van der Waals surface area (Å²) in [6.45, 7) is 6.03. The second-order valence-corrected chi connectivity index (χ2v) is 5.41. The van der Waals surface area contributed by atoms with E-state index < -0.39 is 0 Å². The summed E-state index contributed by atoms with van der Waals surface area (Å²) in [4.78, 5) is 35.2. The van der Waals surface area contributed by atoms with Gasteiger partial charge in [0.15, 0.2) is 0 Å². The SMILES string of the molecule is CC(=O)NCCC(=O)N1CCN(c2nc(C)cc(C#N)n2)CC1. The molecule has 1 N–H and O–H groups in total. The number of nitrogens with zero attached hydrogens (tertiary/aromatic N) is 5. The number of rotatable bonds is 4. The van der Waals surface area contributed by atoms with Crippen LogP contribution in [-0.2, 0) is 9.59 Å². The molecule has 0 aliphatic carbocycles. The van der Waals surface area contributed by atoms with Crippen molar-refractivity contribution in [1.29, 1.82) is 5.26 Å². The van der Waals surface area contributed by atoms with E-state index in [1.165, 1.54) is 6.92 Å². The van der Waals surface area contributed by atoms with Crippen LogP contribution in [0.1, 0.15) is 24.7 Å². The molecule has 8 nitrogen and oxygen atoms in total. The Morgan fingerprint density at radius 3 is 2.61 bits per heavy atom. The molecule has 1 aromatic rings. The summed E-state index contributed by atoms with van der Waals surface area (Å²) in [6, 6.07) is 3.67. The van der Waals surface area contributed by atoms with Crippen LogP contribution in [0.4, 0.5) is 5.95 Å². The fourth-order valence-electron chi connectivity index (χ4n) is 2.41. The van der Waals surface area contributed by atoms with E-state index in [4.69, 9.17) is 5.26 Å². The van der Waals surface area contributed by atoms with Gasteiger partial charge in [0.25, 0.3) is 0 Å². The van der Waals surface area contributed by atoms with E-state index in [0.29, 0.717) is 50.8 Å². The van der Waals surface area contributed by atoms with Gasteiger partial charge in [-0.1, -0.05) is 0 Å². The molecule has 23 heavy (non-hydrogen) atoms. The number of hydrogen-bond donors (Lipinski definition) is 1. The number of nitriles is 1. The lowest BCUT2D eigenvalue weighted by atomic mass is 10.2. The standard InChI is InChI=1S/C15H20N6O2/c1-11-9-13(10-16)19-15(18-11)21-7-5-20(6-8-21)14(23)3-4-17-12(2)22/h9H,3-8H2,1-2H3,(H,17,22). The van der Waals surface area contributed by atoms with Crippen molar-refractivity contribution in [3.8, 4) is 6.07 Å². The van der Waals surface area contributed by atoms with E-state index in [9.17, 15) is 9.59 Å². The van der Waals surface area contributed by atoms with Crippen LogP contribution in [0.2, 0.25) is 0 Å². The lowest BCUT2D eigenvalue weighted by Crippen LogP contribution is -2.49. The van der Waals surface area contributed by atoms with E-state index in [1.807, 2.05) is 17.9 Å². The summed E-state index contributed by atoms with van der Waals surface area (Å²) in [5, 5.41) is 11.6. The number of amides is 2. The number of aryl methyl sites for hydroxylation is 1.